The first-order valence-corrected chi connectivity index (χ1v) is 10.4. The number of ether oxygens (including phenoxy) is 2. The van der Waals surface area contributed by atoms with Gasteiger partial charge in [-0.15, -0.1) is 0 Å². The summed E-state index contributed by atoms with van der Waals surface area (Å²) >= 11 is 9.57. The highest BCUT2D eigenvalue weighted by Gasteiger charge is 2.33. The maximum Gasteiger partial charge on any atom is 0.416 e. The van der Waals surface area contributed by atoms with Crippen molar-refractivity contribution in [2.45, 2.75) is 64.0 Å². The van der Waals surface area contributed by atoms with Crippen molar-refractivity contribution in [2.75, 3.05) is 18.1 Å². The third-order valence-electron chi connectivity index (χ3n) is 4.16. The minimum Gasteiger partial charge on any atom is -0.443 e. The molecule has 1 aromatic heterocycles. The summed E-state index contributed by atoms with van der Waals surface area (Å²) in [5.41, 5.74) is -0.0589. The van der Waals surface area contributed by atoms with Gasteiger partial charge >= 0.3 is 6.09 Å². The molecule has 1 fully saturated rings. The summed E-state index contributed by atoms with van der Waals surface area (Å²) < 4.78 is 11.4. The first kappa shape index (κ1) is 21.5. The van der Waals surface area contributed by atoms with Crippen molar-refractivity contribution in [3.05, 3.63) is 22.8 Å². The minimum atomic E-state index is -0.574. The first-order valence-electron chi connectivity index (χ1n) is 8.86. The molecule has 1 aliphatic rings. The average Bonchev–Trinajstić information content (AvgIpc) is 2.50. The minimum absolute atomic E-state index is 0.184. The van der Waals surface area contributed by atoms with Gasteiger partial charge in [0.25, 0.3) is 0 Å². The molecule has 0 radical (unpaired) electrons. The Kier molecular flexibility index (Phi) is 6.97. The lowest BCUT2D eigenvalue weighted by Crippen LogP contribution is -2.44. The number of rotatable bonds is 4. The van der Waals surface area contributed by atoms with Crippen LogP contribution in [-0.2, 0) is 14.8 Å². The van der Waals surface area contributed by atoms with E-state index in [1.807, 2.05) is 20.8 Å². The standard InChI is InChI=1S/C19H28BrClN2O3/c1-18(2,3)26-17(24)23(12-13-8-9-25-19(4,5)10-13)16-7-6-14(21)15(11-20)22-16/h6-7,13H,8-12H2,1-5H3. The fourth-order valence-corrected chi connectivity index (χ4v) is 3.83. The molecule has 7 heteroatoms. The van der Waals surface area contributed by atoms with E-state index in [-0.39, 0.29) is 5.60 Å². The van der Waals surface area contributed by atoms with E-state index < -0.39 is 11.7 Å². The Morgan fingerprint density at radius 2 is 2.15 bits per heavy atom. The van der Waals surface area contributed by atoms with E-state index in [4.69, 9.17) is 21.1 Å². The van der Waals surface area contributed by atoms with Crippen molar-refractivity contribution in [3.8, 4) is 0 Å². The molecule has 1 aliphatic heterocycles. The van der Waals surface area contributed by atoms with E-state index >= 15 is 0 Å². The molecule has 0 N–H and O–H groups in total. The molecule has 1 atom stereocenters. The molecule has 26 heavy (non-hydrogen) atoms. The van der Waals surface area contributed by atoms with Crippen molar-refractivity contribution in [2.24, 2.45) is 5.92 Å². The normalized spacial score (nSPS) is 19.9. The Balaban J connectivity index is 2.28. The zero-order valence-electron chi connectivity index (χ0n) is 16.1. The molecule has 1 aromatic rings. The Morgan fingerprint density at radius 1 is 1.46 bits per heavy atom. The van der Waals surface area contributed by atoms with Crippen LogP contribution in [0.1, 0.15) is 53.2 Å². The Bertz CT molecular complexity index is 646. The van der Waals surface area contributed by atoms with Crippen LogP contribution in [0.15, 0.2) is 12.1 Å². The summed E-state index contributed by atoms with van der Waals surface area (Å²) in [5.74, 6) is 0.874. The molecule has 0 saturated carbocycles. The van der Waals surface area contributed by atoms with Crippen LogP contribution < -0.4 is 4.90 Å². The third-order valence-corrected chi connectivity index (χ3v) is 5.04. The van der Waals surface area contributed by atoms with Crippen LogP contribution in [0.2, 0.25) is 5.02 Å². The second-order valence-corrected chi connectivity index (χ2v) is 9.26. The predicted octanol–water partition coefficient (Wildman–Crippen LogP) is 5.58. The molecular formula is C19H28BrClN2O3. The van der Waals surface area contributed by atoms with Crippen molar-refractivity contribution < 1.29 is 14.3 Å². The highest BCUT2D eigenvalue weighted by atomic mass is 79.9. The number of anilines is 1. The molecule has 2 heterocycles. The van der Waals surface area contributed by atoms with Gasteiger partial charge in [0.1, 0.15) is 11.4 Å². The number of carbonyl (C=O) groups is 1. The van der Waals surface area contributed by atoms with Crippen molar-refractivity contribution in [1.29, 1.82) is 0 Å². The lowest BCUT2D eigenvalue weighted by Gasteiger charge is -2.38. The molecule has 0 bridgehead atoms. The first-order chi connectivity index (χ1) is 12.0. The summed E-state index contributed by atoms with van der Waals surface area (Å²) in [6.45, 7) is 11.0. The Labute approximate surface area is 169 Å². The van der Waals surface area contributed by atoms with Gasteiger partial charge in [-0.2, -0.15) is 0 Å². The average molecular weight is 448 g/mol. The van der Waals surface area contributed by atoms with Crippen LogP contribution in [0, 0.1) is 5.92 Å². The van der Waals surface area contributed by atoms with Crippen molar-refractivity contribution in [1.82, 2.24) is 4.98 Å². The number of pyridine rings is 1. The van der Waals surface area contributed by atoms with Gasteiger partial charge in [-0.05, 0) is 65.5 Å². The molecule has 1 saturated heterocycles. The summed E-state index contributed by atoms with van der Waals surface area (Å²) in [4.78, 5) is 19.1. The molecule has 0 aromatic carbocycles. The van der Waals surface area contributed by atoms with Crippen molar-refractivity contribution >= 4 is 39.4 Å². The van der Waals surface area contributed by atoms with Crippen LogP contribution in [-0.4, -0.2) is 35.4 Å². The number of hydrogen-bond donors (Lipinski definition) is 0. The quantitative estimate of drug-likeness (QED) is 0.566. The molecule has 0 spiro atoms. The molecular weight excluding hydrogens is 420 g/mol. The predicted molar refractivity (Wildman–Crippen MR) is 108 cm³/mol. The molecule has 5 nitrogen and oxygen atoms in total. The number of carbonyl (C=O) groups excluding carboxylic acids is 1. The molecule has 1 unspecified atom stereocenters. The van der Waals surface area contributed by atoms with E-state index in [2.05, 4.69) is 34.8 Å². The summed E-state index contributed by atoms with van der Waals surface area (Å²) in [6, 6.07) is 3.54. The number of nitrogens with zero attached hydrogens (tertiary/aromatic N) is 2. The van der Waals surface area contributed by atoms with Crippen LogP contribution >= 0.6 is 27.5 Å². The van der Waals surface area contributed by atoms with Gasteiger partial charge in [0.15, 0.2) is 0 Å². The van der Waals surface area contributed by atoms with E-state index in [0.29, 0.717) is 40.9 Å². The number of halogens is 2. The van der Waals surface area contributed by atoms with Gasteiger partial charge in [-0.25, -0.2) is 9.78 Å². The van der Waals surface area contributed by atoms with E-state index in [0.717, 1.165) is 12.8 Å². The second kappa shape index (κ2) is 8.44. The molecule has 2 rings (SSSR count). The van der Waals surface area contributed by atoms with Gasteiger partial charge < -0.3 is 9.47 Å². The monoisotopic (exact) mass is 446 g/mol. The smallest absolute Gasteiger partial charge is 0.416 e. The van der Waals surface area contributed by atoms with Crippen LogP contribution in [0.3, 0.4) is 0 Å². The van der Waals surface area contributed by atoms with Crippen LogP contribution in [0.5, 0.6) is 0 Å². The van der Waals surface area contributed by atoms with Crippen molar-refractivity contribution in [3.63, 3.8) is 0 Å². The Morgan fingerprint density at radius 3 is 2.73 bits per heavy atom. The van der Waals surface area contributed by atoms with Crippen LogP contribution in [0.4, 0.5) is 10.6 Å². The maximum absolute atomic E-state index is 12.9. The summed E-state index contributed by atoms with van der Waals surface area (Å²) in [5, 5.41) is 1.09. The summed E-state index contributed by atoms with van der Waals surface area (Å²) in [6.07, 6.45) is 1.39. The number of alkyl halides is 1. The lowest BCUT2D eigenvalue weighted by atomic mass is 9.88. The zero-order chi connectivity index (χ0) is 19.5. The topological polar surface area (TPSA) is 51.7 Å². The number of aromatic nitrogens is 1. The van der Waals surface area contributed by atoms with Gasteiger partial charge in [0.05, 0.1) is 16.3 Å². The molecule has 0 aliphatic carbocycles. The van der Waals surface area contributed by atoms with Crippen LogP contribution in [0.25, 0.3) is 0 Å². The fourth-order valence-electron chi connectivity index (χ4n) is 3.07. The van der Waals surface area contributed by atoms with Gasteiger partial charge in [-0.1, -0.05) is 27.5 Å². The Hall–Kier alpha value is -0.850. The van der Waals surface area contributed by atoms with Gasteiger partial charge in [-0.3, -0.25) is 4.90 Å². The van der Waals surface area contributed by atoms with Gasteiger partial charge in [0, 0.05) is 18.5 Å². The zero-order valence-corrected chi connectivity index (χ0v) is 18.5. The van der Waals surface area contributed by atoms with Gasteiger partial charge in [0.2, 0.25) is 0 Å². The molecule has 146 valence electrons. The summed E-state index contributed by atoms with van der Waals surface area (Å²) in [7, 11) is 0. The maximum atomic E-state index is 12.9. The lowest BCUT2D eigenvalue weighted by molar-refractivity contribution is -0.0710. The SMILES string of the molecule is CC(C)(C)OC(=O)N(CC1CCOC(C)(C)C1)c1ccc(Cl)c(CBr)n1. The fraction of sp³-hybridized carbons (Fsp3) is 0.684. The largest absolute Gasteiger partial charge is 0.443 e. The van der Waals surface area contributed by atoms with E-state index in [1.165, 1.54) is 0 Å². The highest BCUT2D eigenvalue weighted by Crippen LogP contribution is 2.31. The van der Waals surface area contributed by atoms with E-state index in [9.17, 15) is 4.79 Å². The van der Waals surface area contributed by atoms with E-state index in [1.54, 1.807) is 17.0 Å². The highest BCUT2D eigenvalue weighted by molar-refractivity contribution is 9.08. The number of amides is 1. The molecule has 1 amide bonds. The third kappa shape index (κ3) is 6.10. The number of hydrogen-bond acceptors (Lipinski definition) is 4. The second-order valence-electron chi connectivity index (χ2n) is 8.29.